The van der Waals surface area contributed by atoms with Crippen molar-refractivity contribution in [1.29, 1.82) is 0 Å². The Morgan fingerprint density at radius 3 is 2.73 bits per heavy atom. The minimum atomic E-state index is -0.397. The summed E-state index contributed by atoms with van der Waals surface area (Å²) >= 11 is 3.26. The van der Waals surface area contributed by atoms with Gasteiger partial charge < -0.3 is 5.73 Å². The van der Waals surface area contributed by atoms with Crippen LogP contribution >= 0.6 is 15.9 Å². The van der Waals surface area contributed by atoms with Crippen molar-refractivity contribution in [2.24, 2.45) is 11.7 Å². The second kappa shape index (κ2) is 5.37. The van der Waals surface area contributed by atoms with Gasteiger partial charge in [0.25, 0.3) is 0 Å². The number of pyridine rings is 1. The number of aromatic nitrogens is 1. The molecule has 82 valence electrons. The molecular formula is C11H15BrN2O. The van der Waals surface area contributed by atoms with E-state index in [0.717, 1.165) is 10.3 Å². The summed E-state index contributed by atoms with van der Waals surface area (Å²) < 4.78 is 0.742. The normalized spacial score (nSPS) is 12.9. The third kappa shape index (κ3) is 3.72. The van der Waals surface area contributed by atoms with Crippen LogP contribution in [0.25, 0.3) is 0 Å². The third-order valence-corrected chi connectivity index (χ3v) is 2.66. The molecule has 0 aliphatic carbocycles. The average Bonchev–Trinajstić information content (AvgIpc) is 2.16. The fourth-order valence-electron chi connectivity index (χ4n) is 1.22. The first-order valence-electron chi connectivity index (χ1n) is 4.90. The van der Waals surface area contributed by atoms with E-state index in [1.807, 2.05) is 32.0 Å². The van der Waals surface area contributed by atoms with Gasteiger partial charge in [-0.1, -0.05) is 19.9 Å². The number of carbonyl (C=O) groups excluding carboxylic acids is 1. The molecule has 15 heavy (non-hydrogen) atoms. The molecule has 0 amide bonds. The molecule has 0 radical (unpaired) electrons. The number of hydrogen-bond acceptors (Lipinski definition) is 3. The Morgan fingerprint density at radius 1 is 1.53 bits per heavy atom. The van der Waals surface area contributed by atoms with Gasteiger partial charge in [0.1, 0.15) is 4.60 Å². The maximum atomic E-state index is 11.7. The number of ketones is 1. The van der Waals surface area contributed by atoms with Gasteiger partial charge in [-0.25, -0.2) is 4.98 Å². The molecule has 0 aromatic carbocycles. The molecule has 1 aromatic rings. The molecule has 4 heteroatoms. The predicted molar refractivity (Wildman–Crippen MR) is 63.5 cm³/mol. The van der Waals surface area contributed by atoms with Crippen LogP contribution < -0.4 is 5.73 Å². The summed E-state index contributed by atoms with van der Waals surface area (Å²) in [7, 11) is 0. The number of Topliss-reactive ketones (excluding diaryl/α,β-unsaturated/α-hetero) is 1. The van der Waals surface area contributed by atoms with E-state index >= 15 is 0 Å². The number of carbonyl (C=O) groups is 1. The molecule has 0 saturated heterocycles. The minimum Gasteiger partial charge on any atom is -0.321 e. The zero-order valence-electron chi connectivity index (χ0n) is 8.90. The summed E-state index contributed by atoms with van der Waals surface area (Å²) in [5, 5.41) is 0. The fraction of sp³-hybridized carbons (Fsp3) is 0.455. The maximum absolute atomic E-state index is 11.7. The van der Waals surface area contributed by atoms with Crippen molar-refractivity contribution in [3.63, 3.8) is 0 Å². The number of nitrogens with zero attached hydrogens (tertiary/aromatic N) is 1. The summed E-state index contributed by atoms with van der Waals surface area (Å²) in [4.78, 5) is 15.9. The first-order valence-corrected chi connectivity index (χ1v) is 5.69. The standard InChI is InChI=1S/C11H15BrN2O/c1-7(2)11(13)9(15)6-8-4-3-5-10(12)14-8/h3-5,7,11H,6,13H2,1-2H3/t11-/m0/s1. The highest BCUT2D eigenvalue weighted by Gasteiger charge is 2.17. The molecule has 0 fully saturated rings. The molecule has 1 atom stereocenters. The molecule has 2 N–H and O–H groups in total. The molecule has 0 bridgehead atoms. The Kier molecular flexibility index (Phi) is 4.42. The van der Waals surface area contributed by atoms with Gasteiger partial charge in [0.05, 0.1) is 12.5 Å². The molecule has 1 aromatic heterocycles. The lowest BCUT2D eigenvalue weighted by Gasteiger charge is -2.13. The van der Waals surface area contributed by atoms with E-state index in [1.54, 1.807) is 0 Å². The van der Waals surface area contributed by atoms with Gasteiger partial charge in [0.2, 0.25) is 0 Å². The molecule has 0 unspecified atom stereocenters. The predicted octanol–water partition coefficient (Wildman–Crippen LogP) is 1.94. The Bertz CT molecular complexity index is 352. The summed E-state index contributed by atoms with van der Waals surface area (Å²) in [5.74, 6) is 0.209. The Labute approximate surface area is 98.2 Å². The van der Waals surface area contributed by atoms with Crippen LogP contribution in [0.4, 0.5) is 0 Å². The van der Waals surface area contributed by atoms with Gasteiger partial charge in [-0.3, -0.25) is 4.79 Å². The Morgan fingerprint density at radius 2 is 2.20 bits per heavy atom. The van der Waals surface area contributed by atoms with Gasteiger partial charge in [0.15, 0.2) is 5.78 Å². The maximum Gasteiger partial charge on any atom is 0.155 e. The van der Waals surface area contributed by atoms with E-state index in [0.29, 0.717) is 6.42 Å². The Balaban J connectivity index is 2.66. The summed E-state index contributed by atoms with van der Waals surface area (Å²) in [6, 6.07) is 5.12. The van der Waals surface area contributed by atoms with E-state index < -0.39 is 6.04 Å². The van der Waals surface area contributed by atoms with Crippen molar-refractivity contribution in [2.45, 2.75) is 26.3 Å². The SMILES string of the molecule is CC(C)[C@H](N)C(=O)Cc1cccc(Br)n1. The average molecular weight is 271 g/mol. The zero-order chi connectivity index (χ0) is 11.4. The quantitative estimate of drug-likeness (QED) is 0.851. The lowest BCUT2D eigenvalue weighted by Crippen LogP contribution is -2.36. The number of hydrogen-bond donors (Lipinski definition) is 1. The second-order valence-corrected chi connectivity index (χ2v) is 4.68. The highest BCUT2D eigenvalue weighted by molar-refractivity contribution is 9.10. The van der Waals surface area contributed by atoms with Gasteiger partial charge >= 0.3 is 0 Å². The van der Waals surface area contributed by atoms with Crippen molar-refractivity contribution in [1.82, 2.24) is 4.98 Å². The topological polar surface area (TPSA) is 56.0 Å². The number of rotatable bonds is 4. The van der Waals surface area contributed by atoms with Crippen LogP contribution in [0.1, 0.15) is 19.5 Å². The molecule has 3 nitrogen and oxygen atoms in total. The van der Waals surface area contributed by atoms with Crippen LogP contribution in [-0.2, 0) is 11.2 Å². The van der Waals surface area contributed by atoms with Crippen LogP contribution in [-0.4, -0.2) is 16.8 Å². The molecular weight excluding hydrogens is 256 g/mol. The highest BCUT2D eigenvalue weighted by atomic mass is 79.9. The van der Waals surface area contributed by atoms with E-state index in [9.17, 15) is 4.79 Å². The van der Waals surface area contributed by atoms with Crippen molar-refractivity contribution >= 4 is 21.7 Å². The fourth-order valence-corrected chi connectivity index (χ4v) is 1.60. The molecule has 0 spiro atoms. The van der Waals surface area contributed by atoms with Crippen LogP contribution in [0.15, 0.2) is 22.8 Å². The highest BCUT2D eigenvalue weighted by Crippen LogP contribution is 2.09. The van der Waals surface area contributed by atoms with E-state index in [2.05, 4.69) is 20.9 Å². The van der Waals surface area contributed by atoms with Crippen LogP contribution in [0.2, 0.25) is 0 Å². The monoisotopic (exact) mass is 270 g/mol. The van der Waals surface area contributed by atoms with Gasteiger partial charge in [-0.05, 0) is 34.0 Å². The van der Waals surface area contributed by atoms with Gasteiger partial charge in [-0.2, -0.15) is 0 Å². The van der Waals surface area contributed by atoms with Gasteiger partial charge in [-0.15, -0.1) is 0 Å². The molecule has 0 aliphatic rings. The van der Waals surface area contributed by atoms with Crippen LogP contribution in [0.5, 0.6) is 0 Å². The van der Waals surface area contributed by atoms with E-state index in [-0.39, 0.29) is 11.7 Å². The van der Waals surface area contributed by atoms with E-state index in [4.69, 9.17) is 5.73 Å². The van der Waals surface area contributed by atoms with Crippen LogP contribution in [0, 0.1) is 5.92 Å². The van der Waals surface area contributed by atoms with Crippen molar-refractivity contribution in [2.75, 3.05) is 0 Å². The van der Waals surface area contributed by atoms with Crippen molar-refractivity contribution < 1.29 is 4.79 Å². The third-order valence-electron chi connectivity index (χ3n) is 2.22. The summed E-state index contributed by atoms with van der Waals surface area (Å²) in [5.41, 5.74) is 6.51. The van der Waals surface area contributed by atoms with Crippen molar-refractivity contribution in [3.05, 3.63) is 28.5 Å². The summed E-state index contributed by atoms with van der Waals surface area (Å²) in [6.07, 6.45) is 0.304. The first-order chi connectivity index (χ1) is 7.00. The zero-order valence-corrected chi connectivity index (χ0v) is 10.5. The second-order valence-electron chi connectivity index (χ2n) is 3.86. The summed E-state index contributed by atoms with van der Waals surface area (Å²) in [6.45, 7) is 3.88. The van der Waals surface area contributed by atoms with Gasteiger partial charge in [0, 0.05) is 5.69 Å². The number of nitrogens with two attached hydrogens (primary N) is 1. The lowest BCUT2D eigenvalue weighted by molar-refractivity contribution is -0.120. The molecule has 0 saturated carbocycles. The molecule has 0 aliphatic heterocycles. The van der Waals surface area contributed by atoms with E-state index in [1.165, 1.54) is 0 Å². The number of halogens is 1. The Hall–Kier alpha value is -0.740. The smallest absolute Gasteiger partial charge is 0.155 e. The first kappa shape index (κ1) is 12.3. The van der Waals surface area contributed by atoms with Crippen molar-refractivity contribution in [3.8, 4) is 0 Å². The minimum absolute atomic E-state index is 0.0376. The van der Waals surface area contributed by atoms with Crippen LogP contribution in [0.3, 0.4) is 0 Å². The largest absolute Gasteiger partial charge is 0.321 e. The molecule has 1 rings (SSSR count). The lowest BCUT2D eigenvalue weighted by atomic mass is 9.98. The molecule has 1 heterocycles.